The molecule has 0 unspecified atom stereocenters. The summed E-state index contributed by atoms with van der Waals surface area (Å²) in [6.45, 7) is 1.10. The molecule has 3 heterocycles. The van der Waals surface area contributed by atoms with E-state index in [1.807, 2.05) is 17.5 Å². The minimum atomic E-state index is -3.68. The lowest BCUT2D eigenvalue weighted by molar-refractivity contribution is -0.132. The monoisotopic (exact) mass is 466 g/mol. The zero-order chi connectivity index (χ0) is 21.1. The van der Waals surface area contributed by atoms with Crippen LogP contribution in [0.15, 0.2) is 51.2 Å². The van der Waals surface area contributed by atoms with Crippen LogP contribution in [0.3, 0.4) is 0 Å². The quantitative estimate of drug-likeness (QED) is 0.554. The van der Waals surface area contributed by atoms with E-state index in [1.165, 1.54) is 21.7 Å². The first-order valence-corrected chi connectivity index (χ1v) is 12.0. The van der Waals surface area contributed by atoms with Gasteiger partial charge in [-0.05, 0) is 23.6 Å². The summed E-state index contributed by atoms with van der Waals surface area (Å²) in [5, 5.41) is 6.06. The van der Waals surface area contributed by atoms with Gasteiger partial charge in [0.1, 0.15) is 4.90 Å². The minimum Gasteiger partial charge on any atom is -0.340 e. The number of benzene rings is 1. The molecule has 4 rings (SSSR count). The van der Waals surface area contributed by atoms with E-state index in [2.05, 4.69) is 10.1 Å². The van der Waals surface area contributed by atoms with Crippen LogP contribution in [0.2, 0.25) is 5.02 Å². The second-order valence-corrected chi connectivity index (χ2v) is 9.97. The molecule has 3 aromatic rings. The molecule has 30 heavy (non-hydrogen) atoms. The second kappa shape index (κ2) is 8.84. The number of sulfonamides is 1. The fourth-order valence-electron chi connectivity index (χ4n) is 3.21. The van der Waals surface area contributed by atoms with Crippen LogP contribution < -0.4 is 0 Å². The Balaban J connectivity index is 1.31. The molecule has 1 aliphatic heterocycles. The Bertz CT molecular complexity index is 1120. The highest BCUT2D eigenvalue weighted by Gasteiger charge is 2.31. The molecular formula is C19H19ClN4O4S2. The van der Waals surface area contributed by atoms with Crippen molar-refractivity contribution >= 4 is 38.9 Å². The van der Waals surface area contributed by atoms with Crippen molar-refractivity contribution in [3.63, 3.8) is 0 Å². The molecule has 0 aliphatic carbocycles. The van der Waals surface area contributed by atoms with Gasteiger partial charge in [0.25, 0.3) is 0 Å². The maximum atomic E-state index is 12.8. The van der Waals surface area contributed by atoms with E-state index in [4.69, 9.17) is 16.1 Å². The van der Waals surface area contributed by atoms with Crippen LogP contribution in [0.4, 0.5) is 0 Å². The second-order valence-electron chi connectivity index (χ2n) is 6.70. The first kappa shape index (κ1) is 21.0. The summed E-state index contributed by atoms with van der Waals surface area (Å²) in [6.07, 6.45) is 0.568. The van der Waals surface area contributed by atoms with Crippen LogP contribution in [0, 0.1) is 0 Å². The van der Waals surface area contributed by atoms with Gasteiger partial charge in [0.15, 0.2) is 0 Å². The number of carbonyl (C=O) groups is 1. The van der Waals surface area contributed by atoms with Gasteiger partial charge in [-0.25, -0.2) is 8.42 Å². The molecule has 8 nitrogen and oxygen atoms in total. The highest BCUT2D eigenvalue weighted by atomic mass is 35.5. The van der Waals surface area contributed by atoms with Crippen LogP contribution in [0.5, 0.6) is 0 Å². The van der Waals surface area contributed by atoms with Gasteiger partial charge in [0, 0.05) is 39.0 Å². The molecule has 0 N–H and O–H groups in total. The topological polar surface area (TPSA) is 96.6 Å². The third-order valence-electron chi connectivity index (χ3n) is 4.81. The molecule has 2 aromatic heterocycles. The lowest BCUT2D eigenvalue weighted by Crippen LogP contribution is -2.50. The predicted molar refractivity (Wildman–Crippen MR) is 113 cm³/mol. The van der Waals surface area contributed by atoms with Crippen molar-refractivity contribution in [2.24, 2.45) is 0 Å². The molecule has 1 aliphatic rings. The number of rotatable bonds is 6. The molecule has 1 fully saturated rings. The molecule has 1 amide bonds. The number of hydrogen-bond donors (Lipinski definition) is 0. The van der Waals surface area contributed by atoms with Crippen molar-refractivity contribution in [3.05, 3.63) is 52.7 Å². The molecular weight excluding hydrogens is 448 g/mol. The number of aryl methyl sites for hydroxylation is 1. The summed E-state index contributed by atoms with van der Waals surface area (Å²) in [4.78, 5) is 19.5. The molecule has 0 spiro atoms. The van der Waals surface area contributed by atoms with Crippen LogP contribution in [0.25, 0.3) is 10.7 Å². The van der Waals surface area contributed by atoms with Gasteiger partial charge in [-0.2, -0.15) is 9.29 Å². The summed E-state index contributed by atoms with van der Waals surface area (Å²) in [6, 6.07) is 10.2. The Morgan fingerprint density at radius 2 is 1.90 bits per heavy atom. The third kappa shape index (κ3) is 4.41. The van der Waals surface area contributed by atoms with E-state index in [0.717, 1.165) is 4.88 Å². The largest absolute Gasteiger partial charge is 0.340 e. The first-order chi connectivity index (χ1) is 14.4. The number of thiophene rings is 1. The highest BCUT2D eigenvalue weighted by Crippen LogP contribution is 2.25. The van der Waals surface area contributed by atoms with Crippen molar-refractivity contribution in [1.29, 1.82) is 0 Å². The fourth-order valence-corrected chi connectivity index (χ4v) is 5.77. The molecule has 11 heteroatoms. The van der Waals surface area contributed by atoms with Crippen LogP contribution in [-0.2, 0) is 21.2 Å². The number of carbonyl (C=O) groups excluding carboxylic acids is 1. The van der Waals surface area contributed by atoms with E-state index in [1.54, 1.807) is 23.1 Å². The lowest BCUT2D eigenvalue weighted by Gasteiger charge is -2.34. The zero-order valence-electron chi connectivity index (χ0n) is 15.9. The number of amides is 1. The molecule has 0 radical (unpaired) electrons. The zero-order valence-corrected chi connectivity index (χ0v) is 18.3. The number of hydrogen-bond acceptors (Lipinski definition) is 7. The molecule has 0 atom stereocenters. The SMILES string of the molecule is O=C(CCc1nc(-c2cccs2)no1)N1CCN(S(=O)(=O)c2ccccc2Cl)CC1. The average molecular weight is 467 g/mol. The van der Waals surface area contributed by atoms with Crippen molar-refractivity contribution < 1.29 is 17.7 Å². The van der Waals surface area contributed by atoms with Crippen LogP contribution in [-0.4, -0.2) is 59.8 Å². The Morgan fingerprint density at radius 1 is 1.13 bits per heavy atom. The van der Waals surface area contributed by atoms with Crippen molar-refractivity contribution in [2.45, 2.75) is 17.7 Å². The molecule has 0 bridgehead atoms. The van der Waals surface area contributed by atoms with Gasteiger partial charge in [-0.1, -0.05) is 35.0 Å². The van der Waals surface area contributed by atoms with Crippen LogP contribution >= 0.6 is 22.9 Å². The van der Waals surface area contributed by atoms with Crippen molar-refractivity contribution in [1.82, 2.24) is 19.3 Å². The van der Waals surface area contributed by atoms with Gasteiger partial charge >= 0.3 is 0 Å². The van der Waals surface area contributed by atoms with Gasteiger partial charge in [0.2, 0.25) is 27.6 Å². The lowest BCUT2D eigenvalue weighted by atomic mass is 10.2. The van der Waals surface area contributed by atoms with Gasteiger partial charge in [-0.3, -0.25) is 4.79 Å². The van der Waals surface area contributed by atoms with Crippen LogP contribution in [0.1, 0.15) is 12.3 Å². The first-order valence-electron chi connectivity index (χ1n) is 9.34. The Labute approximate surface area is 183 Å². The van der Waals surface area contributed by atoms with E-state index < -0.39 is 10.0 Å². The Morgan fingerprint density at radius 3 is 2.60 bits per heavy atom. The van der Waals surface area contributed by atoms with Gasteiger partial charge in [-0.15, -0.1) is 11.3 Å². The third-order valence-corrected chi connectivity index (χ3v) is 8.07. The number of nitrogens with zero attached hydrogens (tertiary/aromatic N) is 4. The molecule has 0 saturated carbocycles. The molecule has 158 valence electrons. The highest BCUT2D eigenvalue weighted by molar-refractivity contribution is 7.89. The summed E-state index contributed by atoms with van der Waals surface area (Å²) in [5.74, 6) is 0.859. The standard InChI is InChI=1S/C19H19ClN4O4S2/c20-14-4-1-2-6-16(14)30(26,27)24-11-9-23(10-12-24)18(25)8-7-17-21-19(22-28-17)15-5-3-13-29-15/h1-6,13H,7-12H2. The average Bonchev–Trinajstić information content (AvgIpc) is 3.44. The number of piperazine rings is 1. The molecule has 1 aromatic carbocycles. The van der Waals surface area contributed by atoms with Gasteiger partial charge in [0.05, 0.1) is 9.90 Å². The van der Waals surface area contributed by atoms with E-state index >= 15 is 0 Å². The summed E-state index contributed by atoms with van der Waals surface area (Å²) < 4.78 is 32.2. The Kier molecular flexibility index (Phi) is 6.19. The smallest absolute Gasteiger partial charge is 0.244 e. The minimum absolute atomic E-state index is 0.0688. The summed E-state index contributed by atoms with van der Waals surface area (Å²) >= 11 is 7.57. The summed E-state index contributed by atoms with van der Waals surface area (Å²) in [7, 11) is -3.68. The Hall–Kier alpha value is -2.27. The maximum Gasteiger partial charge on any atom is 0.244 e. The van der Waals surface area contributed by atoms with E-state index in [9.17, 15) is 13.2 Å². The van der Waals surface area contributed by atoms with E-state index in [0.29, 0.717) is 31.2 Å². The summed E-state index contributed by atoms with van der Waals surface area (Å²) in [5.41, 5.74) is 0. The van der Waals surface area contributed by atoms with Crippen molar-refractivity contribution in [2.75, 3.05) is 26.2 Å². The number of halogens is 1. The molecule has 1 saturated heterocycles. The van der Waals surface area contributed by atoms with Crippen molar-refractivity contribution in [3.8, 4) is 10.7 Å². The maximum absolute atomic E-state index is 12.8. The predicted octanol–water partition coefficient (Wildman–Crippen LogP) is 2.92. The van der Waals surface area contributed by atoms with Gasteiger partial charge < -0.3 is 9.42 Å². The van der Waals surface area contributed by atoms with E-state index in [-0.39, 0.29) is 35.3 Å². The number of aromatic nitrogens is 2. The fraction of sp³-hybridized carbons (Fsp3) is 0.316. The normalized spacial score (nSPS) is 15.4.